The van der Waals surface area contributed by atoms with Crippen molar-refractivity contribution in [3.63, 3.8) is 0 Å². The molecule has 0 bridgehead atoms. The van der Waals surface area contributed by atoms with Crippen molar-refractivity contribution in [3.8, 4) is 0 Å². The van der Waals surface area contributed by atoms with E-state index in [2.05, 4.69) is 4.74 Å². The summed E-state index contributed by atoms with van der Waals surface area (Å²) >= 11 is 0. The maximum absolute atomic E-state index is 10.7. The predicted molar refractivity (Wildman–Crippen MR) is 37.9 cm³/mol. The Balaban J connectivity index is 3.73. The van der Waals surface area contributed by atoms with Gasteiger partial charge in [-0.05, 0) is 13.8 Å². The summed E-state index contributed by atoms with van der Waals surface area (Å²) in [6, 6.07) is 0. The molecule has 4 nitrogen and oxygen atoms in total. The third-order valence-electron chi connectivity index (χ3n) is 1.04. The molecule has 4 heteroatoms. The van der Waals surface area contributed by atoms with Gasteiger partial charge in [0.15, 0.2) is 6.10 Å². The second-order valence-corrected chi connectivity index (χ2v) is 2.17. The van der Waals surface area contributed by atoms with E-state index in [9.17, 15) is 9.59 Å². The molecule has 0 aliphatic rings. The highest BCUT2D eigenvalue weighted by Gasteiger charge is 2.17. The average molecular weight is 160 g/mol. The zero-order chi connectivity index (χ0) is 8.85. The Hall–Kier alpha value is -0.900. The van der Waals surface area contributed by atoms with Crippen molar-refractivity contribution >= 4 is 11.8 Å². The van der Waals surface area contributed by atoms with Gasteiger partial charge in [-0.2, -0.15) is 0 Å². The molecule has 64 valence electrons. The minimum atomic E-state index is -1.30. The van der Waals surface area contributed by atoms with Crippen LogP contribution < -0.4 is 0 Å². The second-order valence-electron chi connectivity index (χ2n) is 2.17. The quantitative estimate of drug-likeness (QED) is 0.583. The van der Waals surface area contributed by atoms with Gasteiger partial charge in [0.2, 0.25) is 0 Å². The minimum Gasteiger partial charge on any atom is -0.464 e. The number of aliphatic hydroxyl groups excluding tert-OH is 1. The van der Waals surface area contributed by atoms with Gasteiger partial charge in [-0.25, -0.2) is 4.79 Å². The van der Waals surface area contributed by atoms with E-state index in [1.807, 2.05) is 0 Å². The van der Waals surface area contributed by atoms with Gasteiger partial charge in [0.1, 0.15) is 5.78 Å². The first kappa shape index (κ1) is 10.1. The van der Waals surface area contributed by atoms with E-state index in [4.69, 9.17) is 5.11 Å². The summed E-state index contributed by atoms with van der Waals surface area (Å²) < 4.78 is 4.46. The zero-order valence-corrected chi connectivity index (χ0v) is 6.66. The molecule has 0 aromatic heterocycles. The van der Waals surface area contributed by atoms with Crippen molar-refractivity contribution < 1.29 is 19.4 Å². The smallest absolute Gasteiger partial charge is 0.335 e. The first-order valence-electron chi connectivity index (χ1n) is 3.42. The molecule has 0 spiro atoms. The zero-order valence-electron chi connectivity index (χ0n) is 6.66. The number of hydrogen-bond acceptors (Lipinski definition) is 4. The molecular weight excluding hydrogens is 148 g/mol. The van der Waals surface area contributed by atoms with Crippen LogP contribution in [0.15, 0.2) is 0 Å². The van der Waals surface area contributed by atoms with Crippen LogP contribution in [0, 0.1) is 0 Å². The van der Waals surface area contributed by atoms with Crippen molar-refractivity contribution in [1.82, 2.24) is 0 Å². The SMILES string of the molecule is CCOC(=O)C(O)CC(C)=O. The highest BCUT2D eigenvalue weighted by Crippen LogP contribution is 1.95. The molecule has 0 aromatic carbocycles. The van der Waals surface area contributed by atoms with Gasteiger partial charge in [0.25, 0.3) is 0 Å². The predicted octanol–water partition coefficient (Wildman–Crippen LogP) is -0.111. The normalized spacial score (nSPS) is 12.3. The van der Waals surface area contributed by atoms with E-state index >= 15 is 0 Å². The van der Waals surface area contributed by atoms with Gasteiger partial charge in [0.05, 0.1) is 6.61 Å². The molecule has 0 aliphatic carbocycles. The molecule has 0 fully saturated rings. The van der Waals surface area contributed by atoms with E-state index in [1.165, 1.54) is 6.92 Å². The minimum absolute atomic E-state index is 0.168. The molecule has 1 atom stereocenters. The third-order valence-corrected chi connectivity index (χ3v) is 1.04. The molecule has 0 rings (SSSR count). The fourth-order valence-corrected chi connectivity index (χ4v) is 0.594. The van der Waals surface area contributed by atoms with Crippen LogP contribution in [0.1, 0.15) is 20.3 Å². The van der Waals surface area contributed by atoms with Gasteiger partial charge in [-0.15, -0.1) is 0 Å². The average Bonchev–Trinajstić information content (AvgIpc) is 1.86. The van der Waals surface area contributed by atoms with Crippen LogP contribution >= 0.6 is 0 Å². The fraction of sp³-hybridized carbons (Fsp3) is 0.714. The summed E-state index contributed by atoms with van der Waals surface area (Å²) in [6.45, 7) is 3.16. The van der Waals surface area contributed by atoms with Crippen LogP contribution in [0.25, 0.3) is 0 Å². The van der Waals surface area contributed by atoms with Crippen molar-refractivity contribution in [1.29, 1.82) is 0 Å². The van der Waals surface area contributed by atoms with Crippen LogP contribution in [0.4, 0.5) is 0 Å². The van der Waals surface area contributed by atoms with Gasteiger partial charge >= 0.3 is 5.97 Å². The van der Waals surface area contributed by atoms with E-state index in [0.29, 0.717) is 0 Å². The maximum atomic E-state index is 10.7. The Labute approximate surface area is 65.2 Å². The largest absolute Gasteiger partial charge is 0.464 e. The van der Waals surface area contributed by atoms with Gasteiger partial charge in [0, 0.05) is 6.42 Å². The summed E-state index contributed by atoms with van der Waals surface area (Å²) in [4.78, 5) is 21.0. The molecule has 0 saturated heterocycles. The van der Waals surface area contributed by atoms with Crippen molar-refractivity contribution in [2.75, 3.05) is 6.61 Å². The molecule has 0 saturated carbocycles. The maximum Gasteiger partial charge on any atom is 0.335 e. The molecule has 0 aliphatic heterocycles. The van der Waals surface area contributed by atoms with Gasteiger partial charge < -0.3 is 9.84 Å². The van der Waals surface area contributed by atoms with Gasteiger partial charge in [-0.3, -0.25) is 4.79 Å². The highest BCUT2D eigenvalue weighted by atomic mass is 16.5. The lowest BCUT2D eigenvalue weighted by Gasteiger charge is -2.06. The second kappa shape index (κ2) is 4.85. The molecule has 1 unspecified atom stereocenters. The summed E-state index contributed by atoms with van der Waals surface area (Å²) in [7, 11) is 0. The lowest BCUT2D eigenvalue weighted by atomic mass is 10.2. The number of hydrogen-bond donors (Lipinski definition) is 1. The Kier molecular flexibility index (Phi) is 4.45. The van der Waals surface area contributed by atoms with E-state index in [0.717, 1.165) is 0 Å². The standard InChI is InChI=1S/C7H12O4/c1-3-11-7(10)6(9)4-5(2)8/h6,9H,3-4H2,1-2H3. The topological polar surface area (TPSA) is 63.6 Å². The van der Waals surface area contributed by atoms with Crippen LogP contribution in [0.3, 0.4) is 0 Å². The molecule has 11 heavy (non-hydrogen) atoms. The number of ether oxygens (including phenoxy) is 1. The van der Waals surface area contributed by atoms with Crippen LogP contribution in [0.2, 0.25) is 0 Å². The lowest BCUT2D eigenvalue weighted by Crippen LogP contribution is -2.25. The van der Waals surface area contributed by atoms with Crippen molar-refractivity contribution in [2.45, 2.75) is 26.4 Å². The monoisotopic (exact) mass is 160 g/mol. The summed E-state index contributed by atoms with van der Waals surface area (Å²) in [5, 5.41) is 8.92. The van der Waals surface area contributed by atoms with E-state index < -0.39 is 12.1 Å². The number of rotatable bonds is 4. The van der Waals surface area contributed by atoms with Gasteiger partial charge in [-0.1, -0.05) is 0 Å². The summed E-state index contributed by atoms with van der Waals surface area (Å²) in [5.41, 5.74) is 0. The first-order valence-corrected chi connectivity index (χ1v) is 3.42. The first-order chi connectivity index (χ1) is 5.07. The number of aliphatic hydroxyl groups is 1. The van der Waals surface area contributed by atoms with Crippen molar-refractivity contribution in [2.24, 2.45) is 0 Å². The molecule has 0 radical (unpaired) electrons. The lowest BCUT2D eigenvalue weighted by molar-refractivity contribution is -0.154. The number of ketones is 1. The molecule has 0 amide bonds. The fourth-order valence-electron chi connectivity index (χ4n) is 0.594. The number of Topliss-reactive ketones (excluding diaryl/α,β-unsaturated/α-hetero) is 1. The van der Waals surface area contributed by atoms with Crippen LogP contribution in [-0.4, -0.2) is 29.6 Å². The molecule has 0 aromatic rings. The molecule has 0 heterocycles. The summed E-state index contributed by atoms with van der Waals surface area (Å²) in [6.07, 6.45) is -1.47. The Bertz CT molecular complexity index is 153. The van der Waals surface area contributed by atoms with E-state index in [1.54, 1.807) is 6.92 Å². The third kappa shape index (κ3) is 4.50. The van der Waals surface area contributed by atoms with Crippen LogP contribution in [0.5, 0.6) is 0 Å². The number of esters is 1. The van der Waals surface area contributed by atoms with Crippen molar-refractivity contribution in [3.05, 3.63) is 0 Å². The Morgan fingerprint density at radius 1 is 1.55 bits per heavy atom. The molecule has 1 N–H and O–H groups in total. The Morgan fingerprint density at radius 2 is 2.09 bits per heavy atom. The number of carbonyl (C=O) groups is 2. The van der Waals surface area contributed by atoms with Crippen LogP contribution in [-0.2, 0) is 14.3 Å². The molecular formula is C7H12O4. The Morgan fingerprint density at radius 3 is 2.45 bits per heavy atom. The van der Waals surface area contributed by atoms with E-state index in [-0.39, 0.29) is 18.8 Å². The number of carbonyl (C=O) groups excluding carboxylic acids is 2. The summed E-state index contributed by atoms with van der Waals surface area (Å²) in [5.74, 6) is -0.965. The highest BCUT2D eigenvalue weighted by molar-refractivity contribution is 5.84.